The van der Waals surface area contributed by atoms with Crippen molar-refractivity contribution in [2.45, 2.75) is 13.3 Å². The van der Waals surface area contributed by atoms with Crippen molar-refractivity contribution in [1.82, 2.24) is 0 Å². The van der Waals surface area contributed by atoms with Crippen molar-refractivity contribution in [2.75, 3.05) is 0 Å². The molecule has 11 heavy (non-hydrogen) atoms. The van der Waals surface area contributed by atoms with Gasteiger partial charge in [-0.05, 0) is 25.0 Å². The molecule has 0 N–H and O–H groups in total. The van der Waals surface area contributed by atoms with Gasteiger partial charge in [0.2, 0.25) is 0 Å². The largest absolute Gasteiger partial charge is 0.192 e. The van der Waals surface area contributed by atoms with Gasteiger partial charge in [-0.25, -0.2) is 0 Å². The van der Waals surface area contributed by atoms with Crippen molar-refractivity contribution in [1.29, 1.82) is 5.26 Å². The molecule has 0 aromatic carbocycles. The molecule has 0 saturated heterocycles. The monoisotopic (exact) mass is 165 g/mol. The summed E-state index contributed by atoms with van der Waals surface area (Å²) in [5.74, 6) is 0. The van der Waals surface area contributed by atoms with E-state index in [9.17, 15) is 0 Å². The van der Waals surface area contributed by atoms with Crippen LogP contribution in [0.15, 0.2) is 34.4 Å². The first kappa shape index (κ1) is 8.10. The van der Waals surface area contributed by atoms with Crippen LogP contribution < -0.4 is 0 Å². The fraction of sp³-hybridized carbons (Fsp3) is 0.222. The summed E-state index contributed by atoms with van der Waals surface area (Å²) in [4.78, 5) is 0. The van der Waals surface area contributed by atoms with Crippen LogP contribution in [0.1, 0.15) is 13.3 Å². The lowest BCUT2D eigenvalue weighted by Crippen LogP contribution is -1.74. The molecule has 0 aromatic rings. The first-order valence-corrected chi connectivity index (χ1v) is 3.76. The molecule has 0 aliphatic heterocycles. The van der Waals surface area contributed by atoms with Gasteiger partial charge in [-0.3, -0.25) is 0 Å². The molecule has 56 valence electrons. The Bertz CT molecular complexity index is 289. The summed E-state index contributed by atoms with van der Waals surface area (Å²) in [6.45, 7) is 1.94. The minimum Gasteiger partial charge on any atom is -0.192 e. The van der Waals surface area contributed by atoms with Crippen LogP contribution in [0.4, 0.5) is 0 Å². The van der Waals surface area contributed by atoms with E-state index in [-0.39, 0.29) is 0 Å². The van der Waals surface area contributed by atoms with Crippen molar-refractivity contribution in [3.8, 4) is 6.07 Å². The molecule has 1 aliphatic rings. The van der Waals surface area contributed by atoms with Gasteiger partial charge in [-0.2, -0.15) is 5.26 Å². The van der Waals surface area contributed by atoms with Crippen molar-refractivity contribution < 1.29 is 0 Å². The molecule has 1 rings (SSSR count). The average molecular weight is 166 g/mol. The standard InChI is InChI=1S/C9H8ClN/c1-7-3-2-4-8(6-11)5-9(7)10/h3-5H,2H2,1H3. The Morgan fingerprint density at radius 1 is 1.55 bits per heavy atom. The fourth-order valence-corrected chi connectivity index (χ4v) is 1.04. The van der Waals surface area contributed by atoms with Crippen LogP contribution in [0.3, 0.4) is 0 Å². The third kappa shape index (κ3) is 1.96. The molecular weight excluding hydrogens is 158 g/mol. The lowest BCUT2D eigenvalue weighted by Gasteiger charge is -1.93. The number of hydrogen-bond donors (Lipinski definition) is 0. The highest BCUT2D eigenvalue weighted by Crippen LogP contribution is 2.20. The van der Waals surface area contributed by atoms with E-state index in [4.69, 9.17) is 16.9 Å². The van der Waals surface area contributed by atoms with Crippen LogP contribution >= 0.6 is 11.6 Å². The first-order chi connectivity index (χ1) is 5.24. The van der Waals surface area contributed by atoms with E-state index in [0.717, 1.165) is 12.0 Å². The minimum atomic E-state index is 0.642. The zero-order valence-corrected chi connectivity index (χ0v) is 7.02. The maximum Gasteiger partial charge on any atom is 0.0988 e. The van der Waals surface area contributed by atoms with Gasteiger partial charge in [-0.1, -0.05) is 23.8 Å². The summed E-state index contributed by atoms with van der Waals surface area (Å²) in [7, 11) is 0. The average Bonchev–Trinajstić information content (AvgIpc) is 2.15. The predicted molar refractivity (Wildman–Crippen MR) is 46.0 cm³/mol. The molecular formula is C9H8ClN. The Balaban J connectivity index is 2.98. The van der Waals surface area contributed by atoms with Crippen molar-refractivity contribution in [3.05, 3.63) is 34.4 Å². The minimum absolute atomic E-state index is 0.642. The van der Waals surface area contributed by atoms with Crippen LogP contribution in [-0.2, 0) is 0 Å². The highest BCUT2D eigenvalue weighted by molar-refractivity contribution is 6.32. The second-order valence-electron chi connectivity index (χ2n) is 2.39. The van der Waals surface area contributed by atoms with Crippen LogP contribution in [0.5, 0.6) is 0 Å². The number of nitriles is 1. The molecule has 1 nitrogen and oxygen atoms in total. The lowest BCUT2D eigenvalue weighted by atomic mass is 10.2. The molecule has 0 amide bonds. The summed E-state index contributed by atoms with van der Waals surface area (Å²) < 4.78 is 0. The zero-order chi connectivity index (χ0) is 8.27. The van der Waals surface area contributed by atoms with Gasteiger partial charge in [0.05, 0.1) is 6.07 Å². The molecule has 0 bridgehead atoms. The third-order valence-electron chi connectivity index (χ3n) is 1.55. The molecule has 0 atom stereocenters. The maximum absolute atomic E-state index is 8.58. The van der Waals surface area contributed by atoms with Gasteiger partial charge in [-0.15, -0.1) is 0 Å². The number of allylic oxidation sites excluding steroid dienone is 6. The van der Waals surface area contributed by atoms with Crippen LogP contribution in [0.2, 0.25) is 0 Å². The first-order valence-electron chi connectivity index (χ1n) is 3.38. The highest BCUT2D eigenvalue weighted by atomic mass is 35.5. The Morgan fingerprint density at radius 2 is 2.27 bits per heavy atom. The van der Waals surface area contributed by atoms with Gasteiger partial charge in [0.1, 0.15) is 0 Å². The maximum atomic E-state index is 8.58. The van der Waals surface area contributed by atoms with E-state index in [1.807, 2.05) is 19.1 Å². The topological polar surface area (TPSA) is 23.8 Å². The van der Waals surface area contributed by atoms with Gasteiger partial charge >= 0.3 is 0 Å². The molecule has 0 aromatic heterocycles. The summed E-state index contributed by atoms with van der Waals surface area (Å²) in [5.41, 5.74) is 1.68. The van der Waals surface area contributed by atoms with Crippen molar-refractivity contribution >= 4 is 11.6 Å². The molecule has 0 saturated carbocycles. The summed E-state index contributed by atoms with van der Waals surface area (Å²) in [6, 6.07) is 2.06. The van der Waals surface area contributed by atoms with E-state index in [0.29, 0.717) is 10.6 Å². The second-order valence-corrected chi connectivity index (χ2v) is 2.79. The lowest BCUT2D eigenvalue weighted by molar-refractivity contribution is 1.33. The van der Waals surface area contributed by atoms with Crippen molar-refractivity contribution in [2.24, 2.45) is 0 Å². The smallest absolute Gasteiger partial charge is 0.0988 e. The zero-order valence-electron chi connectivity index (χ0n) is 6.26. The van der Waals surface area contributed by atoms with Crippen LogP contribution in [-0.4, -0.2) is 0 Å². The number of halogens is 1. The number of nitrogens with zero attached hydrogens (tertiary/aromatic N) is 1. The number of hydrogen-bond acceptors (Lipinski definition) is 1. The molecule has 0 heterocycles. The predicted octanol–water partition coefficient (Wildman–Crippen LogP) is 2.91. The Morgan fingerprint density at radius 3 is 2.91 bits per heavy atom. The molecule has 2 heteroatoms. The molecule has 0 radical (unpaired) electrons. The molecule has 0 spiro atoms. The molecule has 1 aliphatic carbocycles. The van der Waals surface area contributed by atoms with Gasteiger partial charge in [0.15, 0.2) is 0 Å². The van der Waals surface area contributed by atoms with Crippen LogP contribution in [0, 0.1) is 11.3 Å². The van der Waals surface area contributed by atoms with Gasteiger partial charge < -0.3 is 0 Å². The van der Waals surface area contributed by atoms with E-state index >= 15 is 0 Å². The Hall–Kier alpha value is -1.00. The quantitative estimate of drug-likeness (QED) is 0.542. The number of rotatable bonds is 0. The molecule has 0 fully saturated rings. The van der Waals surface area contributed by atoms with E-state index in [1.165, 1.54) is 0 Å². The Labute approximate surface area is 71.3 Å². The van der Waals surface area contributed by atoms with E-state index < -0.39 is 0 Å². The van der Waals surface area contributed by atoms with Gasteiger partial charge in [0, 0.05) is 10.6 Å². The third-order valence-corrected chi connectivity index (χ3v) is 1.96. The van der Waals surface area contributed by atoms with E-state index in [2.05, 4.69) is 6.07 Å². The SMILES string of the molecule is CC1=CCC=C(C#N)C=C1Cl. The second kappa shape index (κ2) is 3.41. The summed E-state index contributed by atoms with van der Waals surface area (Å²) >= 11 is 5.85. The molecule has 0 unspecified atom stereocenters. The highest BCUT2D eigenvalue weighted by Gasteiger charge is 2.00. The summed E-state index contributed by atoms with van der Waals surface area (Å²) in [6.07, 6.45) is 6.35. The fourth-order valence-electron chi connectivity index (χ4n) is 0.847. The van der Waals surface area contributed by atoms with Crippen molar-refractivity contribution in [3.63, 3.8) is 0 Å². The van der Waals surface area contributed by atoms with E-state index in [1.54, 1.807) is 6.08 Å². The normalized spacial score (nSPS) is 17.4. The summed E-state index contributed by atoms with van der Waals surface area (Å²) in [5, 5.41) is 9.24. The Kier molecular flexibility index (Phi) is 2.51. The van der Waals surface area contributed by atoms with Gasteiger partial charge in [0.25, 0.3) is 0 Å². The van der Waals surface area contributed by atoms with Crippen LogP contribution in [0.25, 0.3) is 0 Å².